The van der Waals surface area contributed by atoms with Gasteiger partial charge in [-0.05, 0) is 38.0 Å². The van der Waals surface area contributed by atoms with E-state index in [0.29, 0.717) is 35.3 Å². The van der Waals surface area contributed by atoms with E-state index in [4.69, 9.17) is 4.74 Å². The molecule has 2 bridgehead atoms. The summed E-state index contributed by atoms with van der Waals surface area (Å²) >= 11 is 0. The molecule has 0 radical (unpaired) electrons. The molecular weight excluding hydrogens is 397 g/mol. The number of nitrogens with zero attached hydrogens (tertiary/aromatic N) is 4. The third kappa shape index (κ3) is 4.07. The first-order chi connectivity index (χ1) is 15.1. The van der Waals surface area contributed by atoms with Crippen LogP contribution in [0.5, 0.6) is 11.6 Å². The summed E-state index contributed by atoms with van der Waals surface area (Å²) in [4.78, 5) is 8.57. The largest absolute Gasteiger partial charge is 0.507 e. The second-order valence-electron chi connectivity index (χ2n) is 8.27. The zero-order valence-corrected chi connectivity index (χ0v) is 17.2. The number of phenols is 1. The van der Waals surface area contributed by atoms with Crippen LogP contribution in [0.2, 0.25) is 0 Å². The molecule has 2 aromatic heterocycles. The van der Waals surface area contributed by atoms with E-state index in [1.54, 1.807) is 36.7 Å². The Morgan fingerprint density at radius 1 is 1.10 bits per heavy atom. The fourth-order valence-electron chi connectivity index (χ4n) is 4.47. The molecule has 2 N–H and O–H groups in total. The summed E-state index contributed by atoms with van der Waals surface area (Å²) in [5, 5.41) is 22.2. The van der Waals surface area contributed by atoms with Gasteiger partial charge < -0.3 is 15.2 Å². The van der Waals surface area contributed by atoms with Crippen molar-refractivity contribution < 1.29 is 14.2 Å². The van der Waals surface area contributed by atoms with Gasteiger partial charge in [-0.15, -0.1) is 10.2 Å². The van der Waals surface area contributed by atoms with Crippen molar-refractivity contribution in [1.29, 1.82) is 0 Å². The lowest BCUT2D eigenvalue weighted by atomic mass is 9.84. The van der Waals surface area contributed by atoms with Crippen molar-refractivity contribution in [2.75, 3.05) is 0 Å². The molecule has 2 fully saturated rings. The van der Waals surface area contributed by atoms with Crippen LogP contribution >= 0.6 is 0 Å². The number of ether oxygens (including phenoxy) is 1. The highest BCUT2D eigenvalue weighted by molar-refractivity contribution is 5.72. The van der Waals surface area contributed by atoms with Crippen LogP contribution in [0.25, 0.3) is 22.5 Å². The van der Waals surface area contributed by atoms with Crippen molar-refractivity contribution in [1.82, 2.24) is 25.5 Å². The minimum absolute atomic E-state index is 0.0683. The second-order valence-corrected chi connectivity index (χ2v) is 8.27. The molecule has 4 heterocycles. The topological polar surface area (TPSA) is 93.0 Å². The predicted octanol–water partition coefficient (Wildman–Crippen LogP) is 3.61. The molecule has 2 aliphatic heterocycles. The average molecular weight is 421 g/mol. The van der Waals surface area contributed by atoms with E-state index in [9.17, 15) is 9.50 Å². The van der Waals surface area contributed by atoms with E-state index in [1.165, 1.54) is 0 Å². The van der Waals surface area contributed by atoms with Crippen molar-refractivity contribution in [3.05, 3.63) is 48.4 Å². The van der Waals surface area contributed by atoms with Crippen LogP contribution in [-0.4, -0.2) is 49.6 Å². The molecule has 4 atom stereocenters. The van der Waals surface area contributed by atoms with Gasteiger partial charge in [0.25, 0.3) is 0 Å². The summed E-state index contributed by atoms with van der Waals surface area (Å²) in [5.41, 5.74) is 3.30. The number of alkyl halides is 1. The van der Waals surface area contributed by atoms with E-state index >= 15 is 0 Å². The molecule has 1 aromatic carbocycles. The normalized spacial score (nSPS) is 25.2. The molecule has 0 saturated carbocycles. The zero-order valence-electron chi connectivity index (χ0n) is 17.2. The molecule has 160 valence electrons. The zero-order chi connectivity index (χ0) is 21.4. The number of phenolic OH excluding ortho intramolecular Hbond substituents is 1. The van der Waals surface area contributed by atoms with E-state index in [2.05, 4.69) is 25.5 Å². The Morgan fingerprint density at radius 3 is 2.77 bits per heavy atom. The standard InChI is InChI=1S/C23H24FN5O2/c1-13-11-25-12-19(26-13)14-5-6-16(20(30)9-14)17-7-8-22(29-28-17)31-21-10-15-3-2-4-18(27-15)23(21)24/h5-9,11-12,15,18,21,23,27,30H,2-4,10H2,1H3/t15-,18+,21-,23+/m1/s1. The summed E-state index contributed by atoms with van der Waals surface area (Å²) in [6.07, 6.45) is 5.34. The summed E-state index contributed by atoms with van der Waals surface area (Å²) in [5.74, 6) is 0.362. The fraction of sp³-hybridized carbons (Fsp3) is 0.391. The number of fused-ring (bicyclic) bond motifs is 2. The lowest BCUT2D eigenvalue weighted by molar-refractivity contribution is 0.00652. The number of nitrogens with one attached hydrogen (secondary N) is 1. The van der Waals surface area contributed by atoms with Gasteiger partial charge in [-0.3, -0.25) is 4.98 Å². The third-order valence-electron chi connectivity index (χ3n) is 6.01. The number of halogens is 1. The van der Waals surface area contributed by atoms with E-state index in [0.717, 1.165) is 30.5 Å². The molecule has 2 aliphatic rings. The smallest absolute Gasteiger partial charge is 0.233 e. The molecular formula is C23H24FN5O2. The van der Waals surface area contributed by atoms with Gasteiger partial charge in [0.05, 0.1) is 23.3 Å². The maximum absolute atomic E-state index is 14.7. The average Bonchev–Trinajstić information content (AvgIpc) is 2.78. The summed E-state index contributed by atoms with van der Waals surface area (Å²) in [6.45, 7) is 1.87. The third-order valence-corrected chi connectivity index (χ3v) is 6.01. The number of hydrogen-bond donors (Lipinski definition) is 2. The Balaban J connectivity index is 1.32. The molecule has 0 amide bonds. The molecule has 0 aliphatic carbocycles. The summed E-state index contributed by atoms with van der Waals surface area (Å²) in [6, 6.07) is 8.81. The Kier molecular flexibility index (Phi) is 5.23. The number of rotatable bonds is 4. The lowest BCUT2D eigenvalue weighted by Crippen LogP contribution is -2.59. The predicted molar refractivity (Wildman–Crippen MR) is 113 cm³/mol. The highest BCUT2D eigenvalue weighted by Gasteiger charge is 2.41. The maximum Gasteiger partial charge on any atom is 0.233 e. The number of benzene rings is 1. The van der Waals surface area contributed by atoms with Crippen LogP contribution in [0, 0.1) is 6.92 Å². The number of aryl methyl sites for hydroxylation is 1. The van der Waals surface area contributed by atoms with E-state index in [-0.39, 0.29) is 11.8 Å². The molecule has 0 spiro atoms. The highest BCUT2D eigenvalue weighted by atomic mass is 19.1. The number of piperidine rings is 2. The molecule has 8 heteroatoms. The van der Waals surface area contributed by atoms with Crippen molar-refractivity contribution in [2.45, 2.75) is 57.0 Å². The first-order valence-electron chi connectivity index (χ1n) is 10.6. The number of aromatic hydroxyl groups is 1. The summed E-state index contributed by atoms with van der Waals surface area (Å²) in [7, 11) is 0. The van der Waals surface area contributed by atoms with Crippen molar-refractivity contribution in [3.8, 4) is 34.1 Å². The van der Waals surface area contributed by atoms with Gasteiger partial charge in [0.2, 0.25) is 5.88 Å². The van der Waals surface area contributed by atoms with Gasteiger partial charge >= 0.3 is 0 Å². The molecule has 7 nitrogen and oxygen atoms in total. The van der Waals surface area contributed by atoms with Crippen LogP contribution in [-0.2, 0) is 0 Å². The number of aromatic nitrogens is 4. The van der Waals surface area contributed by atoms with Crippen LogP contribution in [0.4, 0.5) is 4.39 Å². The van der Waals surface area contributed by atoms with Gasteiger partial charge in [0.1, 0.15) is 11.9 Å². The van der Waals surface area contributed by atoms with E-state index < -0.39 is 12.3 Å². The SMILES string of the molecule is Cc1cncc(-c2ccc(-c3ccc(O[C@@H]4C[C@H]5CCC[C@H](N5)[C@@H]4F)nn3)c(O)c2)n1. The minimum atomic E-state index is -1.06. The fourth-order valence-corrected chi connectivity index (χ4v) is 4.47. The van der Waals surface area contributed by atoms with Crippen molar-refractivity contribution in [2.24, 2.45) is 0 Å². The molecule has 0 unspecified atom stereocenters. The Bertz CT molecular complexity index is 1080. The monoisotopic (exact) mass is 421 g/mol. The first kappa shape index (κ1) is 19.8. The molecule has 5 rings (SSSR count). The number of hydrogen-bond acceptors (Lipinski definition) is 7. The lowest BCUT2D eigenvalue weighted by Gasteiger charge is -2.42. The quantitative estimate of drug-likeness (QED) is 0.665. The molecule has 3 aromatic rings. The minimum Gasteiger partial charge on any atom is -0.507 e. The van der Waals surface area contributed by atoms with Crippen molar-refractivity contribution in [3.63, 3.8) is 0 Å². The van der Waals surface area contributed by atoms with Crippen LogP contribution < -0.4 is 10.1 Å². The maximum atomic E-state index is 14.7. The van der Waals surface area contributed by atoms with Crippen LogP contribution in [0.3, 0.4) is 0 Å². The Hall–Kier alpha value is -3.13. The van der Waals surface area contributed by atoms with Gasteiger partial charge in [0.15, 0.2) is 6.17 Å². The Morgan fingerprint density at radius 2 is 2.00 bits per heavy atom. The van der Waals surface area contributed by atoms with Gasteiger partial charge in [-0.25, -0.2) is 9.37 Å². The highest BCUT2D eigenvalue weighted by Crippen LogP contribution is 2.33. The molecule has 2 saturated heterocycles. The van der Waals surface area contributed by atoms with Gasteiger partial charge in [-0.1, -0.05) is 12.5 Å². The second kappa shape index (κ2) is 8.19. The van der Waals surface area contributed by atoms with Gasteiger partial charge in [0, 0.05) is 41.9 Å². The van der Waals surface area contributed by atoms with Crippen LogP contribution in [0.1, 0.15) is 31.4 Å². The van der Waals surface area contributed by atoms with E-state index in [1.807, 2.05) is 13.0 Å². The van der Waals surface area contributed by atoms with Crippen molar-refractivity contribution >= 4 is 0 Å². The Labute approximate surface area is 179 Å². The van der Waals surface area contributed by atoms with Crippen LogP contribution in [0.15, 0.2) is 42.7 Å². The summed E-state index contributed by atoms with van der Waals surface area (Å²) < 4.78 is 20.6. The van der Waals surface area contributed by atoms with Gasteiger partial charge in [-0.2, -0.15) is 0 Å². The molecule has 31 heavy (non-hydrogen) atoms. The first-order valence-corrected chi connectivity index (χ1v) is 10.6.